The van der Waals surface area contributed by atoms with Gasteiger partial charge in [0.1, 0.15) is 25.5 Å². The Bertz CT molecular complexity index is 1340. The van der Waals surface area contributed by atoms with Crippen LogP contribution in [0.15, 0.2) is 61.1 Å². The maximum atomic E-state index is 12.5. The van der Waals surface area contributed by atoms with Gasteiger partial charge in [-0.3, -0.25) is 14.6 Å². The first-order chi connectivity index (χ1) is 16.7. The van der Waals surface area contributed by atoms with Gasteiger partial charge in [0, 0.05) is 29.7 Å². The molecule has 4 aromatic rings. The lowest BCUT2D eigenvalue weighted by molar-refractivity contribution is -0.117. The Morgan fingerprint density at radius 3 is 2.71 bits per heavy atom. The number of hydrogen-bond donors (Lipinski definition) is 2. The predicted molar refractivity (Wildman–Crippen MR) is 119 cm³/mol. The van der Waals surface area contributed by atoms with Crippen molar-refractivity contribution in [3.8, 4) is 22.9 Å². The van der Waals surface area contributed by atoms with Gasteiger partial charge in [-0.15, -0.1) is 10.2 Å². The Labute approximate surface area is 192 Å². The number of hydrogen-bond acceptors (Lipinski definition) is 9. The lowest BCUT2D eigenvalue weighted by atomic mass is 10.1. The van der Waals surface area contributed by atoms with Gasteiger partial charge in [0.15, 0.2) is 11.5 Å². The molecule has 0 unspecified atom stereocenters. The van der Waals surface area contributed by atoms with Crippen molar-refractivity contribution < 1.29 is 19.1 Å². The third-order valence-electron chi connectivity index (χ3n) is 4.78. The summed E-state index contributed by atoms with van der Waals surface area (Å²) in [6.07, 6.45) is 4.29. The van der Waals surface area contributed by atoms with Crippen molar-refractivity contribution in [3.05, 3.63) is 66.7 Å². The first kappa shape index (κ1) is 21.0. The Morgan fingerprint density at radius 1 is 1.00 bits per heavy atom. The summed E-state index contributed by atoms with van der Waals surface area (Å²) in [6.45, 7) is 0.790. The van der Waals surface area contributed by atoms with Crippen molar-refractivity contribution in [2.75, 3.05) is 23.8 Å². The van der Waals surface area contributed by atoms with Crippen LogP contribution in [-0.2, 0) is 11.3 Å². The third-order valence-corrected chi connectivity index (χ3v) is 4.78. The summed E-state index contributed by atoms with van der Waals surface area (Å²) in [7, 11) is 0. The van der Waals surface area contributed by atoms with Crippen LogP contribution in [0.4, 0.5) is 11.4 Å². The highest BCUT2D eigenvalue weighted by atomic mass is 16.6. The molecule has 2 N–H and O–H groups in total. The van der Waals surface area contributed by atoms with Crippen LogP contribution < -0.4 is 20.1 Å². The standard InChI is InChI=1S/C22H18N8O4/c31-20(25-14-5-6-18-19(11-14)34-10-9-33-18)13-30-28-21(27-29-30)15-3-1-2-4-16(15)26-22(32)17-12-23-7-8-24-17/h1-8,11-12H,9-10,13H2,(H,25,31)(H,26,32). The largest absolute Gasteiger partial charge is 0.486 e. The van der Waals surface area contributed by atoms with Gasteiger partial charge in [-0.05, 0) is 29.5 Å². The Kier molecular flexibility index (Phi) is 5.76. The van der Waals surface area contributed by atoms with E-state index in [0.717, 1.165) is 0 Å². The molecular weight excluding hydrogens is 440 g/mol. The molecule has 0 atom stereocenters. The molecule has 2 aromatic carbocycles. The minimum atomic E-state index is -0.424. The lowest BCUT2D eigenvalue weighted by Crippen LogP contribution is -2.21. The fraction of sp³-hybridized carbons (Fsp3) is 0.136. The van der Waals surface area contributed by atoms with Crippen LogP contribution in [-0.4, -0.2) is 55.2 Å². The first-order valence-corrected chi connectivity index (χ1v) is 10.3. The number of rotatable bonds is 6. The molecule has 0 fully saturated rings. The topological polar surface area (TPSA) is 146 Å². The minimum absolute atomic E-state index is 0.157. The molecule has 12 nitrogen and oxygen atoms in total. The average molecular weight is 458 g/mol. The molecule has 2 aromatic heterocycles. The third kappa shape index (κ3) is 4.65. The summed E-state index contributed by atoms with van der Waals surface area (Å²) < 4.78 is 11.0. The van der Waals surface area contributed by atoms with Crippen molar-refractivity contribution in [2.24, 2.45) is 0 Å². The maximum Gasteiger partial charge on any atom is 0.275 e. The zero-order valence-corrected chi connectivity index (χ0v) is 17.7. The van der Waals surface area contributed by atoms with Crippen molar-refractivity contribution in [1.82, 2.24) is 30.2 Å². The van der Waals surface area contributed by atoms with E-state index in [1.807, 2.05) is 0 Å². The highest BCUT2D eigenvalue weighted by Crippen LogP contribution is 2.32. The molecule has 2 amide bonds. The second kappa shape index (κ2) is 9.32. The second-order valence-electron chi connectivity index (χ2n) is 7.14. The van der Waals surface area contributed by atoms with Gasteiger partial charge in [0.2, 0.25) is 11.7 Å². The number of para-hydroxylation sites is 1. The van der Waals surface area contributed by atoms with E-state index in [0.29, 0.717) is 41.7 Å². The summed E-state index contributed by atoms with van der Waals surface area (Å²) in [5.41, 5.74) is 1.74. The minimum Gasteiger partial charge on any atom is -0.486 e. The van der Waals surface area contributed by atoms with Crippen molar-refractivity contribution >= 4 is 23.2 Å². The highest BCUT2D eigenvalue weighted by molar-refractivity contribution is 6.04. The van der Waals surface area contributed by atoms with Gasteiger partial charge in [0.05, 0.1) is 11.9 Å². The summed E-state index contributed by atoms with van der Waals surface area (Å²) in [6, 6.07) is 12.2. The first-order valence-electron chi connectivity index (χ1n) is 10.3. The van der Waals surface area contributed by atoms with E-state index in [4.69, 9.17) is 9.47 Å². The Balaban J connectivity index is 1.27. The number of tetrazole rings is 1. The number of anilines is 2. The molecule has 12 heteroatoms. The van der Waals surface area contributed by atoms with Gasteiger partial charge in [0.25, 0.3) is 5.91 Å². The fourth-order valence-electron chi connectivity index (χ4n) is 3.26. The van der Waals surface area contributed by atoms with Crippen LogP contribution in [0.3, 0.4) is 0 Å². The molecule has 0 saturated heterocycles. The number of fused-ring (bicyclic) bond motifs is 1. The monoisotopic (exact) mass is 458 g/mol. The zero-order chi connectivity index (χ0) is 23.3. The number of carbonyl (C=O) groups is 2. The Hall–Kier alpha value is -4.87. The maximum absolute atomic E-state index is 12.5. The molecule has 5 rings (SSSR count). The van der Waals surface area contributed by atoms with Crippen molar-refractivity contribution in [2.45, 2.75) is 6.54 Å². The molecule has 0 radical (unpaired) electrons. The van der Waals surface area contributed by atoms with Gasteiger partial charge in [-0.25, -0.2) is 4.98 Å². The van der Waals surface area contributed by atoms with Crippen LogP contribution in [0.25, 0.3) is 11.4 Å². The lowest BCUT2D eigenvalue weighted by Gasteiger charge is -2.18. The van der Waals surface area contributed by atoms with Gasteiger partial charge in [-0.1, -0.05) is 12.1 Å². The quantitative estimate of drug-likeness (QED) is 0.441. The van der Waals surface area contributed by atoms with Gasteiger partial charge >= 0.3 is 0 Å². The molecule has 0 spiro atoms. The van der Waals surface area contributed by atoms with Crippen LogP contribution in [0.1, 0.15) is 10.5 Å². The van der Waals surface area contributed by atoms with E-state index >= 15 is 0 Å². The normalized spacial score (nSPS) is 12.1. The summed E-state index contributed by atoms with van der Waals surface area (Å²) in [5, 5.41) is 17.8. The fourth-order valence-corrected chi connectivity index (χ4v) is 3.26. The molecule has 0 aliphatic carbocycles. The SMILES string of the molecule is O=C(Cn1nnc(-c2ccccc2NC(=O)c2cnccn2)n1)Nc1ccc2c(c1)OCCO2. The van der Waals surface area contributed by atoms with E-state index in [1.54, 1.807) is 42.5 Å². The number of amides is 2. The average Bonchev–Trinajstić information content (AvgIpc) is 3.33. The van der Waals surface area contributed by atoms with Crippen LogP contribution in [0.2, 0.25) is 0 Å². The molecule has 0 saturated carbocycles. The van der Waals surface area contributed by atoms with E-state index in [1.165, 1.54) is 23.4 Å². The predicted octanol–water partition coefficient (Wildman–Crippen LogP) is 1.79. The summed E-state index contributed by atoms with van der Waals surface area (Å²) in [4.78, 5) is 34.0. The number of ether oxygens (including phenoxy) is 2. The highest BCUT2D eigenvalue weighted by Gasteiger charge is 2.16. The van der Waals surface area contributed by atoms with Crippen LogP contribution in [0, 0.1) is 0 Å². The Morgan fingerprint density at radius 2 is 1.85 bits per heavy atom. The molecule has 0 bridgehead atoms. The van der Waals surface area contributed by atoms with Crippen LogP contribution in [0.5, 0.6) is 11.5 Å². The van der Waals surface area contributed by atoms with E-state index in [2.05, 4.69) is 36.0 Å². The second-order valence-corrected chi connectivity index (χ2v) is 7.14. The number of carbonyl (C=O) groups excluding carboxylic acids is 2. The molecule has 170 valence electrons. The van der Waals surface area contributed by atoms with E-state index in [-0.39, 0.29) is 24.0 Å². The zero-order valence-electron chi connectivity index (χ0n) is 17.7. The molecule has 3 heterocycles. The van der Waals surface area contributed by atoms with Crippen molar-refractivity contribution in [3.63, 3.8) is 0 Å². The van der Waals surface area contributed by atoms with Gasteiger partial charge < -0.3 is 20.1 Å². The van der Waals surface area contributed by atoms with Crippen LogP contribution >= 0.6 is 0 Å². The van der Waals surface area contributed by atoms with E-state index < -0.39 is 5.91 Å². The number of aromatic nitrogens is 6. The smallest absolute Gasteiger partial charge is 0.275 e. The summed E-state index contributed by atoms with van der Waals surface area (Å²) in [5.74, 6) is 0.695. The number of benzene rings is 2. The molecule has 1 aliphatic heterocycles. The molecule has 34 heavy (non-hydrogen) atoms. The summed E-state index contributed by atoms with van der Waals surface area (Å²) >= 11 is 0. The number of nitrogens with zero attached hydrogens (tertiary/aromatic N) is 6. The van der Waals surface area contributed by atoms with Crippen molar-refractivity contribution in [1.29, 1.82) is 0 Å². The van der Waals surface area contributed by atoms with Gasteiger partial charge in [-0.2, -0.15) is 4.80 Å². The molecule has 1 aliphatic rings. The number of nitrogens with one attached hydrogen (secondary N) is 2. The van der Waals surface area contributed by atoms with E-state index in [9.17, 15) is 9.59 Å². The molecular formula is C22H18N8O4.